The second kappa shape index (κ2) is 4.87. The van der Waals surface area contributed by atoms with Crippen molar-refractivity contribution in [2.24, 2.45) is 0 Å². The molecule has 1 fully saturated rings. The van der Waals surface area contributed by atoms with Crippen LogP contribution in [0.15, 0.2) is 12.1 Å². The van der Waals surface area contributed by atoms with Crippen molar-refractivity contribution in [3.05, 3.63) is 33.1 Å². The molecule has 1 aromatic carbocycles. The maximum absolute atomic E-state index is 13.2. The van der Waals surface area contributed by atoms with Crippen LogP contribution in [0.5, 0.6) is 5.75 Å². The van der Waals surface area contributed by atoms with Crippen LogP contribution in [0.2, 0.25) is 5.02 Å². The highest BCUT2D eigenvalue weighted by atomic mass is 35.5. The Hall–Kier alpha value is -1.36. The Bertz CT molecular complexity index is 447. The van der Waals surface area contributed by atoms with E-state index in [1.165, 1.54) is 0 Å². The first-order valence-electron chi connectivity index (χ1n) is 5.38. The predicted octanol–water partition coefficient (Wildman–Crippen LogP) is 3.71. The van der Waals surface area contributed by atoms with Crippen LogP contribution in [0.1, 0.15) is 25.7 Å². The fourth-order valence-electron chi connectivity index (χ4n) is 1.93. The molecule has 17 heavy (non-hydrogen) atoms. The Labute approximate surface area is 102 Å². The Morgan fingerprint density at radius 3 is 2.65 bits per heavy atom. The van der Waals surface area contributed by atoms with Crippen LogP contribution >= 0.6 is 11.6 Å². The first kappa shape index (κ1) is 12.1. The molecule has 0 heterocycles. The molecule has 6 heteroatoms. The number of ether oxygens (including phenoxy) is 1. The van der Waals surface area contributed by atoms with Crippen molar-refractivity contribution < 1.29 is 14.1 Å². The normalized spacial score (nSPS) is 16.1. The fraction of sp³-hybridized carbons (Fsp3) is 0.455. The van der Waals surface area contributed by atoms with Gasteiger partial charge in [0.05, 0.1) is 22.1 Å². The smallest absolute Gasteiger partial charge is 0.308 e. The maximum atomic E-state index is 13.2. The SMILES string of the molecule is O=[N+]([O-])c1cc(OC2CCCC2)c(Cl)cc1F. The monoisotopic (exact) mass is 259 g/mol. The van der Waals surface area contributed by atoms with Crippen molar-refractivity contribution in [3.63, 3.8) is 0 Å². The molecular weight excluding hydrogens is 249 g/mol. The number of halogens is 2. The van der Waals surface area contributed by atoms with E-state index in [9.17, 15) is 14.5 Å². The highest BCUT2D eigenvalue weighted by Gasteiger charge is 2.22. The summed E-state index contributed by atoms with van der Waals surface area (Å²) in [7, 11) is 0. The second-order valence-electron chi connectivity index (χ2n) is 4.02. The van der Waals surface area contributed by atoms with Crippen LogP contribution in [0.4, 0.5) is 10.1 Å². The van der Waals surface area contributed by atoms with Gasteiger partial charge in [-0.05, 0) is 25.7 Å². The molecule has 0 unspecified atom stereocenters. The molecule has 1 aromatic rings. The highest BCUT2D eigenvalue weighted by Crippen LogP contribution is 2.34. The molecule has 0 radical (unpaired) electrons. The van der Waals surface area contributed by atoms with Crippen molar-refractivity contribution in [1.29, 1.82) is 0 Å². The van der Waals surface area contributed by atoms with E-state index in [4.69, 9.17) is 16.3 Å². The summed E-state index contributed by atoms with van der Waals surface area (Å²) in [6, 6.07) is 1.97. The number of nitro groups is 1. The molecule has 1 saturated carbocycles. The van der Waals surface area contributed by atoms with Gasteiger partial charge in [-0.3, -0.25) is 10.1 Å². The molecule has 0 saturated heterocycles. The van der Waals surface area contributed by atoms with Crippen molar-refractivity contribution in [2.75, 3.05) is 0 Å². The standard InChI is InChI=1S/C11H11ClFNO3/c12-8-5-9(13)10(14(15)16)6-11(8)17-7-3-1-2-4-7/h5-7H,1-4H2. The van der Waals surface area contributed by atoms with E-state index in [0.29, 0.717) is 0 Å². The zero-order valence-corrected chi connectivity index (χ0v) is 9.74. The molecule has 0 aromatic heterocycles. The molecular formula is C11H11ClFNO3. The largest absolute Gasteiger partial charge is 0.489 e. The van der Waals surface area contributed by atoms with E-state index >= 15 is 0 Å². The van der Waals surface area contributed by atoms with Gasteiger partial charge in [-0.1, -0.05) is 11.6 Å². The maximum Gasteiger partial charge on any atom is 0.308 e. The molecule has 92 valence electrons. The summed E-state index contributed by atoms with van der Waals surface area (Å²) in [5.41, 5.74) is -0.609. The van der Waals surface area contributed by atoms with Crippen LogP contribution in [0.25, 0.3) is 0 Å². The van der Waals surface area contributed by atoms with Gasteiger partial charge in [-0.2, -0.15) is 4.39 Å². The first-order valence-corrected chi connectivity index (χ1v) is 5.76. The third kappa shape index (κ3) is 2.66. The number of benzene rings is 1. The minimum Gasteiger partial charge on any atom is -0.489 e. The Kier molecular flexibility index (Phi) is 3.47. The van der Waals surface area contributed by atoms with Crippen molar-refractivity contribution in [2.45, 2.75) is 31.8 Å². The minimum absolute atomic E-state index is 0.0255. The molecule has 0 amide bonds. The number of nitrogens with zero attached hydrogens (tertiary/aromatic N) is 1. The lowest BCUT2D eigenvalue weighted by Crippen LogP contribution is -2.11. The molecule has 2 rings (SSSR count). The number of hydrogen-bond donors (Lipinski definition) is 0. The van der Waals surface area contributed by atoms with Gasteiger partial charge in [0.2, 0.25) is 5.82 Å². The summed E-state index contributed by atoms with van der Waals surface area (Å²) in [6.45, 7) is 0. The lowest BCUT2D eigenvalue weighted by Gasteiger charge is -2.14. The van der Waals surface area contributed by atoms with Gasteiger partial charge < -0.3 is 4.74 Å². The first-order chi connectivity index (χ1) is 8.08. The third-order valence-electron chi connectivity index (χ3n) is 2.79. The summed E-state index contributed by atoms with van der Waals surface area (Å²) in [5.74, 6) is -0.759. The third-order valence-corrected chi connectivity index (χ3v) is 3.09. The van der Waals surface area contributed by atoms with E-state index in [0.717, 1.165) is 37.8 Å². The van der Waals surface area contributed by atoms with Crippen molar-refractivity contribution >= 4 is 17.3 Å². The summed E-state index contributed by atoms with van der Waals surface area (Å²) in [4.78, 5) is 9.80. The molecule has 1 aliphatic rings. The summed E-state index contributed by atoms with van der Waals surface area (Å²) in [6.07, 6.45) is 3.98. The lowest BCUT2D eigenvalue weighted by atomic mass is 10.2. The molecule has 0 bridgehead atoms. The Morgan fingerprint density at radius 2 is 2.06 bits per heavy atom. The summed E-state index contributed by atoms with van der Waals surface area (Å²) in [5, 5.41) is 10.7. The summed E-state index contributed by atoms with van der Waals surface area (Å²) < 4.78 is 18.8. The van der Waals surface area contributed by atoms with E-state index in [2.05, 4.69) is 0 Å². The average Bonchev–Trinajstić information content (AvgIpc) is 2.74. The minimum atomic E-state index is -0.946. The van der Waals surface area contributed by atoms with E-state index in [1.807, 2.05) is 0 Å². The van der Waals surface area contributed by atoms with Crippen LogP contribution in [-0.2, 0) is 0 Å². The van der Waals surface area contributed by atoms with E-state index in [1.54, 1.807) is 0 Å². The van der Waals surface area contributed by atoms with Gasteiger partial charge in [0.1, 0.15) is 5.75 Å². The van der Waals surface area contributed by atoms with Crippen molar-refractivity contribution in [1.82, 2.24) is 0 Å². The predicted molar refractivity (Wildman–Crippen MR) is 60.9 cm³/mol. The Morgan fingerprint density at radius 1 is 1.41 bits per heavy atom. The summed E-state index contributed by atoms with van der Waals surface area (Å²) >= 11 is 5.80. The Balaban J connectivity index is 2.26. The van der Waals surface area contributed by atoms with E-state index in [-0.39, 0.29) is 16.9 Å². The molecule has 0 atom stereocenters. The average molecular weight is 260 g/mol. The fourth-order valence-corrected chi connectivity index (χ4v) is 2.13. The van der Waals surface area contributed by atoms with Gasteiger partial charge in [0, 0.05) is 6.07 Å². The molecule has 0 aliphatic heterocycles. The van der Waals surface area contributed by atoms with Gasteiger partial charge in [0.25, 0.3) is 0 Å². The van der Waals surface area contributed by atoms with Gasteiger partial charge in [0.15, 0.2) is 0 Å². The zero-order valence-electron chi connectivity index (χ0n) is 8.99. The van der Waals surface area contributed by atoms with Crippen LogP contribution in [-0.4, -0.2) is 11.0 Å². The highest BCUT2D eigenvalue weighted by molar-refractivity contribution is 6.32. The van der Waals surface area contributed by atoms with Gasteiger partial charge >= 0.3 is 5.69 Å². The molecule has 0 spiro atoms. The molecule has 1 aliphatic carbocycles. The number of hydrogen-bond acceptors (Lipinski definition) is 3. The van der Waals surface area contributed by atoms with Crippen LogP contribution in [0.3, 0.4) is 0 Å². The van der Waals surface area contributed by atoms with Gasteiger partial charge in [-0.25, -0.2) is 0 Å². The topological polar surface area (TPSA) is 52.4 Å². The molecule has 4 nitrogen and oxygen atoms in total. The van der Waals surface area contributed by atoms with Crippen LogP contribution in [0, 0.1) is 15.9 Å². The second-order valence-corrected chi connectivity index (χ2v) is 4.42. The zero-order chi connectivity index (χ0) is 12.4. The number of nitro benzene ring substituents is 1. The lowest BCUT2D eigenvalue weighted by molar-refractivity contribution is -0.387. The van der Waals surface area contributed by atoms with Crippen LogP contribution < -0.4 is 4.74 Å². The van der Waals surface area contributed by atoms with Crippen molar-refractivity contribution in [3.8, 4) is 5.75 Å². The quantitative estimate of drug-likeness (QED) is 0.614. The number of rotatable bonds is 3. The van der Waals surface area contributed by atoms with E-state index < -0.39 is 16.4 Å². The van der Waals surface area contributed by atoms with Gasteiger partial charge in [-0.15, -0.1) is 0 Å². The molecule has 0 N–H and O–H groups in total.